The lowest BCUT2D eigenvalue weighted by molar-refractivity contribution is -0.137. The van der Waals surface area contributed by atoms with E-state index < -0.39 is 11.7 Å². The van der Waals surface area contributed by atoms with Crippen LogP contribution in [0.5, 0.6) is 0 Å². The lowest BCUT2D eigenvalue weighted by Crippen LogP contribution is -2.30. The van der Waals surface area contributed by atoms with Crippen LogP contribution in [-0.2, 0) is 6.18 Å². The number of para-hydroxylation sites is 1. The Bertz CT molecular complexity index is 464. The smallest absolute Gasteiger partial charge is 0.370 e. The van der Waals surface area contributed by atoms with E-state index in [2.05, 4.69) is 5.32 Å². The second-order valence-corrected chi connectivity index (χ2v) is 5.61. The summed E-state index contributed by atoms with van der Waals surface area (Å²) in [5, 5.41) is 3.32. The first-order valence-corrected chi connectivity index (χ1v) is 6.62. The number of hydrogen-bond acceptors (Lipinski definition) is 2. The zero-order valence-corrected chi connectivity index (χ0v) is 10.6. The summed E-state index contributed by atoms with van der Waals surface area (Å²) in [6.45, 7) is 3.36. The molecular formula is C14H17F3N2. The van der Waals surface area contributed by atoms with Crippen molar-refractivity contribution in [3.8, 4) is 0 Å². The highest BCUT2D eigenvalue weighted by Crippen LogP contribution is 2.42. The molecule has 2 nitrogen and oxygen atoms in total. The molecular weight excluding hydrogens is 253 g/mol. The Morgan fingerprint density at radius 3 is 2.63 bits per heavy atom. The molecule has 2 heterocycles. The third-order valence-electron chi connectivity index (χ3n) is 4.32. The molecule has 2 fully saturated rings. The molecule has 2 aliphatic rings. The Balaban J connectivity index is 1.88. The maximum atomic E-state index is 13.0. The van der Waals surface area contributed by atoms with E-state index in [9.17, 15) is 13.2 Å². The second-order valence-electron chi connectivity index (χ2n) is 5.61. The number of alkyl halides is 3. The number of halogens is 3. The van der Waals surface area contributed by atoms with Crippen molar-refractivity contribution in [2.24, 2.45) is 5.41 Å². The molecule has 104 valence electrons. The van der Waals surface area contributed by atoms with Gasteiger partial charge in [0.05, 0.1) is 5.56 Å². The number of anilines is 1. The van der Waals surface area contributed by atoms with Gasteiger partial charge in [-0.2, -0.15) is 13.2 Å². The van der Waals surface area contributed by atoms with Gasteiger partial charge in [0.25, 0.3) is 0 Å². The summed E-state index contributed by atoms with van der Waals surface area (Å²) in [6.07, 6.45) is -2.23. The van der Waals surface area contributed by atoms with Crippen molar-refractivity contribution in [1.29, 1.82) is 0 Å². The summed E-state index contributed by atoms with van der Waals surface area (Å²) in [7, 11) is 0. The van der Waals surface area contributed by atoms with Gasteiger partial charge < -0.3 is 10.2 Å². The Morgan fingerprint density at radius 2 is 1.95 bits per heavy atom. The Kier molecular flexibility index (Phi) is 2.96. The Hall–Kier alpha value is -1.23. The molecule has 19 heavy (non-hydrogen) atoms. The first-order chi connectivity index (χ1) is 9.00. The van der Waals surface area contributed by atoms with Crippen LogP contribution < -0.4 is 10.2 Å². The lowest BCUT2D eigenvalue weighted by Gasteiger charge is -2.26. The number of nitrogens with one attached hydrogen (secondary N) is 1. The van der Waals surface area contributed by atoms with Gasteiger partial charge >= 0.3 is 6.18 Å². The van der Waals surface area contributed by atoms with Crippen molar-refractivity contribution < 1.29 is 13.2 Å². The zero-order valence-electron chi connectivity index (χ0n) is 10.6. The van der Waals surface area contributed by atoms with Crippen LogP contribution in [0.4, 0.5) is 18.9 Å². The van der Waals surface area contributed by atoms with Crippen LogP contribution in [0.1, 0.15) is 18.4 Å². The van der Waals surface area contributed by atoms with E-state index in [1.807, 2.05) is 4.90 Å². The molecule has 1 N–H and O–H groups in total. The van der Waals surface area contributed by atoms with E-state index in [4.69, 9.17) is 0 Å². The van der Waals surface area contributed by atoms with E-state index >= 15 is 0 Å². The van der Waals surface area contributed by atoms with E-state index in [0.717, 1.165) is 39.0 Å². The highest BCUT2D eigenvalue weighted by Gasteiger charge is 2.42. The predicted molar refractivity (Wildman–Crippen MR) is 68.2 cm³/mol. The van der Waals surface area contributed by atoms with Crippen LogP contribution in [0.15, 0.2) is 24.3 Å². The largest absolute Gasteiger partial charge is 0.418 e. The standard InChI is InChI=1S/C14H17F3N2/c15-14(16,17)11-3-1-2-4-12(11)19-8-6-13(10-19)5-7-18-9-13/h1-4,18H,5-10H2. The average molecular weight is 270 g/mol. The van der Waals surface area contributed by atoms with Crippen LogP contribution in [0.25, 0.3) is 0 Å². The van der Waals surface area contributed by atoms with E-state index in [1.165, 1.54) is 12.1 Å². The fraction of sp³-hybridized carbons (Fsp3) is 0.571. The van der Waals surface area contributed by atoms with Crippen molar-refractivity contribution in [3.05, 3.63) is 29.8 Å². The topological polar surface area (TPSA) is 15.3 Å². The first kappa shape index (κ1) is 12.8. The maximum Gasteiger partial charge on any atom is 0.418 e. The van der Waals surface area contributed by atoms with Crippen molar-refractivity contribution in [1.82, 2.24) is 5.32 Å². The van der Waals surface area contributed by atoms with Crippen molar-refractivity contribution >= 4 is 5.69 Å². The normalized spacial score (nSPS) is 27.4. The summed E-state index contributed by atoms with van der Waals surface area (Å²) in [5.74, 6) is 0. The maximum absolute atomic E-state index is 13.0. The van der Waals surface area contributed by atoms with Crippen LogP contribution in [-0.4, -0.2) is 26.2 Å². The molecule has 1 aromatic rings. The minimum absolute atomic E-state index is 0.179. The third-order valence-corrected chi connectivity index (χ3v) is 4.32. The van der Waals surface area contributed by atoms with Gasteiger partial charge in [-0.05, 0) is 31.5 Å². The van der Waals surface area contributed by atoms with Gasteiger partial charge in [-0.15, -0.1) is 0 Å². The summed E-state index contributed by atoms with van der Waals surface area (Å²) in [5.41, 5.74) is -0.00426. The Morgan fingerprint density at radius 1 is 1.16 bits per heavy atom. The average Bonchev–Trinajstić information content (AvgIpc) is 2.99. The van der Waals surface area contributed by atoms with Gasteiger partial charge in [0, 0.05) is 30.7 Å². The summed E-state index contributed by atoms with van der Waals surface area (Å²) in [6, 6.07) is 5.90. The molecule has 2 aliphatic heterocycles. The van der Waals surface area contributed by atoms with Gasteiger partial charge in [0.1, 0.15) is 0 Å². The third kappa shape index (κ3) is 2.31. The molecule has 1 unspecified atom stereocenters. The second kappa shape index (κ2) is 4.40. The number of nitrogens with zero attached hydrogens (tertiary/aromatic N) is 1. The lowest BCUT2D eigenvalue weighted by atomic mass is 9.86. The van der Waals surface area contributed by atoms with Crippen LogP contribution in [0.2, 0.25) is 0 Å². The highest BCUT2D eigenvalue weighted by molar-refractivity contribution is 5.56. The van der Waals surface area contributed by atoms with E-state index in [0.29, 0.717) is 5.69 Å². The molecule has 3 rings (SSSR count). The molecule has 0 saturated carbocycles. The summed E-state index contributed by atoms with van der Waals surface area (Å²) in [4.78, 5) is 1.90. The van der Waals surface area contributed by atoms with Crippen LogP contribution in [0.3, 0.4) is 0 Å². The van der Waals surface area contributed by atoms with Crippen molar-refractivity contribution in [3.63, 3.8) is 0 Å². The molecule has 1 atom stereocenters. The molecule has 0 amide bonds. The van der Waals surface area contributed by atoms with Crippen molar-refractivity contribution in [2.75, 3.05) is 31.1 Å². The zero-order chi connectivity index (χ0) is 13.5. The first-order valence-electron chi connectivity index (χ1n) is 6.62. The molecule has 2 saturated heterocycles. The monoisotopic (exact) mass is 270 g/mol. The van der Waals surface area contributed by atoms with E-state index in [-0.39, 0.29) is 5.41 Å². The Labute approximate surface area is 110 Å². The van der Waals surface area contributed by atoms with Gasteiger partial charge in [-0.3, -0.25) is 0 Å². The molecule has 5 heteroatoms. The summed E-state index contributed by atoms with van der Waals surface area (Å²) >= 11 is 0. The fourth-order valence-corrected chi connectivity index (χ4v) is 3.27. The van der Waals surface area contributed by atoms with Gasteiger partial charge in [0.2, 0.25) is 0 Å². The molecule has 0 bridgehead atoms. The molecule has 0 aliphatic carbocycles. The predicted octanol–water partition coefficient (Wildman–Crippen LogP) is 2.90. The molecule has 0 radical (unpaired) electrons. The minimum atomic E-state index is -4.28. The minimum Gasteiger partial charge on any atom is -0.370 e. The summed E-state index contributed by atoms with van der Waals surface area (Å²) < 4.78 is 39.1. The van der Waals surface area contributed by atoms with Gasteiger partial charge in [0.15, 0.2) is 0 Å². The molecule has 1 spiro atoms. The number of rotatable bonds is 1. The molecule has 0 aromatic heterocycles. The van der Waals surface area contributed by atoms with Crippen LogP contribution >= 0.6 is 0 Å². The quantitative estimate of drug-likeness (QED) is 0.844. The number of benzene rings is 1. The SMILES string of the molecule is FC(F)(F)c1ccccc1N1CCC2(CCNC2)C1. The van der Waals surface area contributed by atoms with Crippen molar-refractivity contribution in [2.45, 2.75) is 19.0 Å². The van der Waals surface area contributed by atoms with E-state index in [1.54, 1.807) is 12.1 Å². The highest BCUT2D eigenvalue weighted by atomic mass is 19.4. The number of hydrogen-bond donors (Lipinski definition) is 1. The molecule has 1 aromatic carbocycles. The fourth-order valence-electron chi connectivity index (χ4n) is 3.27. The van der Waals surface area contributed by atoms with Gasteiger partial charge in [-0.1, -0.05) is 12.1 Å². The van der Waals surface area contributed by atoms with Gasteiger partial charge in [-0.25, -0.2) is 0 Å². The van der Waals surface area contributed by atoms with Crippen LogP contribution in [0, 0.1) is 5.41 Å².